The van der Waals surface area contributed by atoms with Crippen LogP contribution in [-0.2, 0) is 0 Å². The lowest BCUT2D eigenvalue weighted by atomic mass is 10.1. The van der Waals surface area contributed by atoms with Crippen LogP contribution in [0.3, 0.4) is 0 Å². The Morgan fingerprint density at radius 2 is 2.12 bits per heavy atom. The number of rotatable bonds is 4. The summed E-state index contributed by atoms with van der Waals surface area (Å²) in [4.78, 5) is 24.6. The minimum atomic E-state index is -0.534. The summed E-state index contributed by atoms with van der Waals surface area (Å²) in [5.41, 5.74) is 0.642. The maximum atomic E-state index is 13.6. The molecule has 24 heavy (non-hydrogen) atoms. The molecule has 0 unspecified atom stereocenters. The largest absolute Gasteiger partial charge is 0.472 e. The van der Waals surface area contributed by atoms with Crippen LogP contribution in [0.2, 0.25) is 0 Å². The van der Waals surface area contributed by atoms with Crippen molar-refractivity contribution in [3.63, 3.8) is 0 Å². The third-order valence-electron chi connectivity index (χ3n) is 3.89. The molecule has 2 amide bonds. The molecular formula is C17H18FN3O3. The standard InChI is InChI=1S/C17H18FN3O3/c18-12-3-4-14(17(23)20-13-2-1-6-19-9-13)15(8-12)21-16(22)11-5-7-24-10-11/h3-5,7-8,10,13,19H,1-2,6,9H2,(H,20,23)(H,21,22)/t13-/m0/s1. The molecule has 1 saturated heterocycles. The summed E-state index contributed by atoms with van der Waals surface area (Å²) in [5.74, 6) is -1.35. The molecule has 3 rings (SSSR count). The first-order chi connectivity index (χ1) is 11.6. The molecule has 126 valence electrons. The van der Waals surface area contributed by atoms with Crippen LogP contribution in [0, 0.1) is 5.82 Å². The molecule has 2 aromatic rings. The summed E-state index contributed by atoms with van der Waals surface area (Å²) in [6.45, 7) is 1.64. The molecule has 1 aliphatic rings. The van der Waals surface area contributed by atoms with Crippen molar-refractivity contribution in [3.05, 3.63) is 53.7 Å². The molecule has 1 atom stereocenters. The number of furan rings is 1. The van der Waals surface area contributed by atoms with Crippen LogP contribution < -0.4 is 16.0 Å². The fourth-order valence-corrected chi connectivity index (χ4v) is 2.64. The number of benzene rings is 1. The molecule has 1 aliphatic heterocycles. The first-order valence-electron chi connectivity index (χ1n) is 7.78. The quantitative estimate of drug-likeness (QED) is 0.802. The number of halogens is 1. The van der Waals surface area contributed by atoms with E-state index in [0.717, 1.165) is 25.5 Å². The monoisotopic (exact) mass is 331 g/mol. The van der Waals surface area contributed by atoms with Crippen molar-refractivity contribution in [1.82, 2.24) is 10.6 Å². The van der Waals surface area contributed by atoms with Gasteiger partial charge >= 0.3 is 0 Å². The number of amides is 2. The van der Waals surface area contributed by atoms with Crippen molar-refractivity contribution in [2.75, 3.05) is 18.4 Å². The van der Waals surface area contributed by atoms with E-state index in [2.05, 4.69) is 16.0 Å². The highest BCUT2D eigenvalue weighted by Gasteiger charge is 2.20. The third-order valence-corrected chi connectivity index (χ3v) is 3.89. The molecule has 2 heterocycles. The van der Waals surface area contributed by atoms with Crippen molar-refractivity contribution in [2.45, 2.75) is 18.9 Å². The first kappa shape index (κ1) is 16.2. The SMILES string of the molecule is O=C(Nc1cc(F)ccc1C(=O)N[C@H]1CCCNC1)c1ccoc1. The molecule has 0 radical (unpaired) electrons. The van der Waals surface area contributed by atoms with Gasteiger partial charge in [-0.1, -0.05) is 0 Å². The smallest absolute Gasteiger partial charge is 0.258 e. The summed E-state index contributed by atoms with van der Waals surface area (Å²) in [6.07, 6.45) is 4.52. The summed E-state index contributed by atoms with van der Waals surface area (Å²) in [6, 6.07) is 5.20. The fourth-order valence-electron chi connectivity index (χ4n) is 2.64. The lowest BCUT2D eigenvalue weighted by Crippen LogP contribution is -2.45. The number of hydrogen-bond donors (Lipinski definition) is 3. The Balaban J connectivity index is 1.77. The molecule has 1 fully saturated rings. The van der Waals surface area contributed by atoms with Gasteiger partial charge < -0.3 is 20.4 Å². The average molecular weight is 331 g/mol. The second kappa shape index (κ2) is 7.27. The zero-order valence-corrected chi connectivity index (χ0v) is 13.0. The van der Waals surface area contributed by atoms with Gasteiger partial charge in [-0.15, -0.1) is 0 Å². The van der Waals surface area contributed by atoms with Gasteiger partial charge in [0.25, 0.3) is 11.8 Å². The topological polar surface area (TPSA) is 83.4 Å². The van der Waals surface area contributed by atoms with Gasteiger partial charge in [0, 0.05) is 12.6 Å². The van der Waals surface area contributed by atoms with E-state index in [0.29, 0.717) is 12.1 Å². The van der Waals surface area contributed by atoms with E-state index < -0.39 is 11.7 Å². The minimum absolute atomic E-state index is 0.0220. The van der Waals surface area contributed by atoms with Crippen LogP contribution in [-0.4, -0.2) is 30.9 Å². The highest BCUT2D eigenvalue weighted by atomic mass is 19.1. The van der Waals surface area contributed by atoms with Crippen LogP contribution in [0.1, 0.15) is 33.6 Å². The highest BCUT2D eigenvalue weighted by molar-refractivity contribution is 6.08. The third kappa shape index (κ3) is 3.80. The molecule has 0 aliphatic carbocycles. The number of nitrogens with one attached hydrogen (secondary N) is 3. The number of hydrogen-bond acceptors (Lipinski definition) is 4. The van der Waals surface area contributed by atoms with E-state index in [1.165, 1.54) is 30.7 Å². The van der Waals surface area contributed by atoms with Gasteiger partial charge in [0.05, 0.1) is 23.1 Å². The molecule has 0 spiro atoms. The van der Waals surface area contributed by atoms with E-state index in [9.17, 15) is 14.0 Å². The van der Waals surface area contributed by atoms with E-state index in [1.54, 1.807) is 0 Å². The number of carbonyl (C=O) groups excluding carboxylic acids is 2. The Kier molecular flexibility index (Phi) is 4.90. The van der Waals surface area contributed by atoms with Gasteiger partial charge in [0.1, 0.15) is 12.1 Å². The van der Waals surface area contributed by atoms with E-state index in [4.69, 9.17) is 4.42 Å². The Morgan fingerprint density at radius 1 is 1.25 bits per heavy atom. The molecule has 7 heteroatoms. The Bertz CT molecular complexity index is 725. The predicted octanol–water partition coefficient (Wildman–Crippen LogP) is 2.15. The van der Waals surface area contributed by atoms with Gasteiger partial charge in [-0.25, -0.2) is 4.39 Å². The lowest BCUT2D eigenvalue weighted by molar-refractivity contribution is 0.0931. The summed E-state index contributed by atoms with van der Waals surface area (Å²) >= 11 is 0. The molecule has 1 aromatic heterocycles. The fraction of sp³-hybridized carbons (Fsp3) is 0.294. The lowest BCUT2D eigenvalue weighted by Gasteiger charge is -2.24. The van der Waals surface area contributed by atoms with Gasteiger partial charge in [0.2, 0.25) is 0 Å². The van der Waals surface area contributed by atoms with Crippen LogP contribution in [0.25, 0.3) is 0 Å². The number of anilines is 1. The molecule has 0 saturated carbocycles. The van der Waals surface area contributed by atoms with Gasteiger partial charge in [-0.3, -0.25) is 9.59 Å². The van der Waals surface area contributed by atoms with E-state index in [-0.39, 0.29) is 23.2 Å². The van der Waals surface area contributed by atoms with Gasteiger partial charge in [-0.05, 0) is 43.7 Å². The van der Waals surface area contributed by atoms with Crippen LogP contribution in [0.15, 0.2) is 41.2 Å². The maximum absolute atomic E-state index is 13.6. The van der Waals surface area contributed by atoms with E-state index in [1.807, 2.05) is 0 Å². The van der Waals surface area contributed by atoms with Gasteiger partial charge in [-0.2, -0.15) is 0 Å². The molecule has 3 N–H and O–H groups in total. The van der Waals surface area contributed by atoms with Crippen LogP contribution in [0.5, 0.6) is 0 Å². The Labute approximate surface area is 138 Å². The molecule has 1 aromatic carbocycles. The van der Waals surface area contributed by atoms with Gasteiger partial charge in [0.15, 0.2) is 0 Å². The van der Waals surface area contributed by atoms with E-state index >= 15 is 0 Å². The van der Waals surface area contributed by atoms with Crippen molar-refractivity contribution < 1.29 is 18.4 Å². The van der Waals surface area contributed by atoms with Crippen molar-refractivity contribution >= 4 is 17.5 Å². The maximum Gasteiger partial charge on any atom is 0.258 e. The normalized spacial score (nSPS) is 17.3. The number of carbonyl (C=O) groups is 2. The van der Waals surface area contributed by atoms with Crippen LogP contribution in [0.4, 0.5) is 10.1 Å². The Morgan fingerprint density at radius 3 is 2.83 bits per heavy atom. The average Bonchev–Trinajstić information content (AvgIpc) is 3.10. The summed E-state index contributed by atoms with van der Waals surface area (Å²) in [7, 11) is 0. The highest BCUT2D eigenvalue weighted by Crippen LogP contribution is 2.19. The predicted molar refractivity (Wildman–Crippen MR) is 86.4 cm³/mol. The summed E-state index contributed by atoms with van der Waals surface area (Å²) in [5, 5.41) is 8.68. The zero-order valence-electron chi connectivity index (χ0n) is 13.0. The zero-order chi connectivity index (χ0) is 16.9. The Hall–Kier alpha value is -2.67. The minimum Gasteiger partial charge on any atom is -0.472 e. The second-order valence-electron chi connectivity index (χ2n) is 5.67. The molecule has 0 bridgehead atoms. The molecular weight excluding hydrogens is 313 g/mol. The second-order valence-corrected chi connectivity index (χ2v) is 5.67. The van der Waals surface area contributed by atoms with Crippen molar-refractivity contribution in [3.8, 4) is 0 Å². The van der Waals surface area contributed by atoms with Crippen molar-refractivity contribution in [1.29, 1.82) is 0 Å². The van der Waals surface area contributed by atoms with Crippen molar-refractivity contribution in [2.24, 2.45) is 0 Å². The first-order valence-corrected chi connectivity index (χ1v) is 7.78. The number of piperidine rings is 1. The van der Waals surface area contributed by atoms with Crippen LogP contribution >= 0.6 is 0 Å². The summed E-state index contributed by atoms with van der Waals surface area (Å²) < 4.78 is 18.4. The molecule has 6 nitrogen and oxygen atoms in total.